The molecule has 0 radical (unpaired) electrons. The summed E-state index contributed by atoms with van der Waals surface area (Å²) in [6.07, 6.45) is -6.03. The fourth-order valence-electron chi connectivity index (χ4n) is 0.236. The van der Waals surface area contributed by atoms with Crippen LogP contribution in [-0.2, 0) is 0 Å². The van der Waals surface area contributed by atoms with Crippen molar-refractivity contribution in [2.45, 2.75) is 12.1 Å². The lowest BCUT2D eigenvalue weighted by Gasteiger charge is -2.14. The van der Waals surface area contributed by atoms with E-state index >= 15 is 0 Å². The summed E-state index contributed by atoms with van der Waals surface area (Å²) in [5.74, 6) is -4.91. The van der Waals surface area contributed by atoms with Crippen LogP contribution < -0.4 is 0 Å². The Morgan fingerprint density at radius 3 is 1.82 bits per heavy atom. The molecular weight excluding hydrogens is 169 g/mol. The Labute approximate surface area is 58.7 Å². The molecule has 1 nitrogen and oxygen atoms in total. The van der Waals surface area contributed by atoms with Crippen molar-refractivity contribution < 1.29 is 22.0 Å². The highest BCUT2D eigenvalue weighted by atomic mass is 19.4. The Morgan fingerprint density at radius 1 is 1.09 bits per heavy atom. The maximum atomic E-state index is 11.8. The Morgan fingerprint density at radius 2 is 1.55 bits per heavy atom. The fourth-order valence-corrected chi connectivity index (χ4v) is 0.236. The topological polar surface area (TPSA) is 23.8 Å². The van der Waals surface area contributed by atoms with E-state index in [-0.39, 0.29) is 6.08 Å². The molecule has 6 heteroatoms. The summed E-state index contributed by atoms with van der Waals surface area (Å²) < 4.78 is 57.2. The molecule has 0 saturated carbocycles. The molecule has 0 aliphatic rings. The predicted molar refractivity (Wildman–Crippen MR) is 25.8 cm³/mol. The van der Waals surface area contributed by atoms with Crippen molar-refractivity contribution in [1.82, 2.24) is 0 Å². The first-order valence-electron chi connectivity index (χ1n) is 2.33. The number of nitriles is 1. The minimum Gasteiger partial charge on any atom is -0.193 e. The first kappa shape index (κ1) is 9.88. The number of nitrogens with zero attached hydrogens (tertiary/aromatic N) is 1. The van der Waals surface area contributed by atoms with Crippen LogP contribution in [0.2, 0.25) is 0 Å². The van der Waals surface area contributed by atoms with Gasteiger partial charge in [0.1, 0.15) is 0 Å². The van der Waals surface area contributed by atoms with Gasteiger partial charge in [-0.15, -0.1) is 0 Å². The fraction of sp³-hybridized carbons (Fsp3) is 0.400. The molecule has 0 spiro atoms. The third-order valence-corrected chi connectivity index (χ3v) is 0.745. The molecule has 0 aliphatic carbocycles. The Bertz CT molecular complexity index is 196. The van der Waals surface area contributed by atoms with Crippen LogP contribution >= 0.6 is 0 Å². The zero-order valence-electron chi connectivity index (χ0n) is 4.99. The van der Waals surface area contributed by atoms with Crippen LogP contribution in [0.25, 0.3) is 0 Å². The van der Waals surface area contributed by atoms with Crippen LogP contribution in [0.4, 0.5) is 22.0 Å². The van der Waals surface area contributed by atoms with Crippen molar-refractivity contribution in [3.63, 3.8) is 0 Å². The summed E-state index contributed by atoms with van der Waals surface area (Å²) in [4.78, 5) is 0. The van der Waals surface area contributed by atoms with Gasteiger partial charge in [0.05, 0.1) is 6.07 Å². The van der Waals surface area contributed by atoms with Crippen molar-refractivity contribution >= 4 is 0 Å². The summed E-state index contributed by atoms with van der Waals surface area (Å²) in [5.41, 5.74) is 0. The van der Waals surface area contributed by atoms with E-state index in [1.54, 1.807) is 0 Å². The molecular formula is C5H2F5N. The van der Waals surface area contributed by atoms with Gasteiger partial charge in [-0.2, -0.15) is 27.2 Å². The van der Waals surface area contributed by atoms with E-state index in [1.165, 1.54) is 0 Å². The highest BCUT2D eigenvalue weighted by Crippen LogP contribution is 2.36. The van der Waals surface area contributed by atoms with Gasteiger partial charge in [-0.05, 0) is 0 Å². The second kappa shape index (κ2) is 2.86. The lowest BCUT2D eigenvalue weighted by atomic mass is 10.3. The van der Waals surface area contributed by atoms with Gasteiger partial charge < -0.3 is 0 Å². The smallest absolute Gasteiger partial charge is 0.193 e. The zero-order valence-corrected chi connectivity index (χ0v) is 4.99. The lowest BCUT2D eigenvalue weighted by molar-refractivity contribution is -0.259. The maximum Gasteiger partial charge on any atom is 0.457 e. The minimum atomic E-state index is -5.62. The number of halogens is 5. The average Bonchev–Trinajstić information content (AvgIpc) is 1.81. The van der Waals surface area contributed by atoms with Crippen molar-refractivity contribution in [3.05, 3.63) is 12.2 Å². The number of hydrogen-bond acceptors (Lipinski definition) is 1. The molecule has 0 bridgehead atoms. The molecule has 62 valence electrons. The van der Waals surface area contributed by atoms with Crippen LogP contribution in [0, 0.1) is 11.3 Å². The van der Waals surface area contributed by atoms with Gasteiger partial charge in [-0.3, -0.25) is 0 Å². The second-order valence-corrected chi connectivity index (χ2v) is 1.58. The summed E-state index contributed by atoms with van der Waals surface area (Å²) in [6.45, 7) is 0. The summed E-state index contributed by atoms with van der Waals surface area (Å²) in [5, 5.41) is 7.66. The summed E-state index contributed by atoms with van der Waals surface area (Å²) in [6, 6.07) is 1.04. The molecule has 0 rings (SSSR count). The summed E-state index contributed by atoms with van der Waals surface area (Å²) >= 11 is 0. The van der Waals surface area contributed by atoms with Crippen LogP contribution in [0.3, 0.4) is 0 Å². The van der Waals surface area contributed by atoms with Gasteiger partial charge in [0.2, 0.25) is 0 Å². The SMILES string of the molecule is N#CC=CC(F)(F)C(F)(F)F. The number of allylic oxidation sites excluding steroid dienone is 2. The molecule has 0 saturated heterocycles. The Hall–Kier alpha value is -1.12. The van der Waals surface area contributed by atoms with Crippen molar-refractivity contribution in [3.8, 4) is 6.07 Å². The van der Waals surface area contributed by atoms with E-state index in [0.717, 1.165) is 6.07 Å². The number of rotatable bonds is 1. The molecule has 0 unspecified atom stereocenters. The molecule has 0 atom stereocenters. The molecule has 0 fully saturated rings. The summed E-state index contributed by atoms with van der Waals surface area (Å²) in [7, 11) is 0. The van der Waals surface area contributed by atoms with Gasteiger partial charge in [-0.1, -0.05) is 0 Å². The monoisotopic (exact) mass is 171 g/mol. The normalized spacial score (nSPS) is 13.5. The van der Waals surface area contributed by atoms with E-state index < -0.39 is 18.2 Å². The van der Waals surface area contributed by atoms with Crippen molar-refractivity contribution in [1.29, 1.82) is 5.26 Å². The van der Waals surface area contributed by atoms with Gasteiger partial charge in [0, 0.05) is 12.2 Å². The van der Waals surface area contributed by atoms with E-state index in [4.69, 9.17) is 5.26 Å². The third kappa shape index (κ3) is 2.53. The number of hydrogen-bond donors (Lipinski definition) is 0. The maximum absolute atomic E-state index is 11.8. The molecule has 0 N–H and O–H groups in total. The van der Waals surface area contributed by atoms with E-state index in [9.17, 15) is 22.0 Å². The molecule has 0 aromatic heterocycles. The van der Waals surface area contributed by atoms with Gasteiger partial charge in [-0.25, -0.2) is 0 Å². The minimum absolute atomic E-state index is 0.0908. The highest BCUT2D eigenvalue weighted by Gasteiger charge is 2.55. The van der Waals surface area contributed by atoms with Crippen LogP contribution in [0.5, 0.6) is 0 Å². The zero-order chi connectivity index (χ0) is 9.12. The first-order valence-corrected chi connectivity index (χ1v) is 2.33. The van der Waals surface area contributed by atoms with Gasteiger partial charge >= 0.3 is 12.1 Å². The lowest BCUT2D eigenvalue weighted by Crippen LogP contribution is -2.33. The first-order chi connectivity index (χ1) is 4.81. The van der Waals surface area contributed by atoms with Crippen LogP contribution in [0.15, 0.2) is 12.2 Å². The standard InChI is InChI=1S/C5H2F5N/c6-4(7,2-1-3-11)5(8,9)10/h1-2H. The highest BCUT2D eigenvalue weighted by molar-refractivity contribution is 5.09. The van der Waals surface area contributed by atoms with Crippen molar-refractivity contribution in [2.75, 3.05) is 0 Å². The van der Waals surface area contributed by atoms with Gasteiger partial charge in [0.25, 0.3) is 0 Å². The van der Waals surface area contributed by atoms with Crippen LogP contribution in [0.1, 0.15) is 0 Å². The quantitative estimate of drug-likeness (QED) is 0.438. The second-order valence-electron chi connectivity index (χ2n) is 1.58. The number of alkyl halides is 5. The van der Waals surface area contributed by atoms with E-state index in [1.807, 2.05) is 0 Å². The average molecular weight is 171 g/mol. The molecule has 0 amide bonds. The molecule has 11 heavy (non-hydrogen) atoms. The predicted octanol–water partition coefficient (Wildman–Crippen LogP) is 2.26. The largest absolute Gasteiger partial charge is 0.457 e. The van der Waals surface area contributed by atoms with E-state index in [0.29, 0.717) is 0 Å². The third-order valence-electron chi connectivity index (χ3n) is 0.745. The van der Waals surface area contributed by atoms with E-state index in [2.05, 4.69) is 0 Å². The molecule has 0 aromatic rings. The molecule has 0 heterocycles. The van der Waals surface area contributed by atoms with Crippen LogP contribution in [-0.4, -0.2) is 12.1 Å². The Kier molecular flexibility index (Phi) is 2.57. The molecule has 0 aliphatic heterocycles. The van der Waals surface area contributed by atoms with Crippen molar-refractivity contribution in [2.24, 2.45) is 0 Å². The molecule has 0 aromatic carbocycles. The Balaban J connectivity index is 4.50. The van der Waals surface area contributed by atoms with Gasteiger partial charge in [0.15, 0.2) is 0 Å².